The number of carbonyl (C=O) groups excluding carboxylic acids is 1. The number of amides is 1. The normalized spacial score (nSPS) is 11.3. The molecule has 0 saturated carbocycles. The van der Waals surface area contributed by atoms with E-state index in [1.54, 1.807) is 68.8 Å². The van der Waals surface area contributed by atoms with E-state index in [4.69, 9.17) is 9.47 Å². The maximum atomic E-state index is 13.0. The van der Waals surface area contributed by atoms with Crippen molar-refractivity contribution in [1.29, 1.82) is 0 Å². The molecule has 0 unspecified atom stereocenters. The Morgan fingerprint density at radius 3 is 2.07 bits per heavy atom. The van der Waals surface area contributed by atoms with Crippen molar-refractivity contribution in [3.8, 4) is 11.5 Å². The minimum Gasteiger partial charge on any atom is -0.493 e. The van der Waals surface area contributed by atoms with Crippen LogP contribution in [0, 0.1) is 3.57 Å². The summed E-state index contributed by atoms with van der Waals surface area (Å²) in [6.07, 6.45) is 1.48. The van der Waals surface area contributed by atoms with Crippen molar-refractivity contribution in [2.75, 3.05) is 14.2 Å². The lowest BCUT2D eigenvalue weighted by molar-refractivity contribution is -0.136. The Labute approximate surface area is 188 Å². The van der Waals surface area contributed by atoms with Crippen LogP contribution in [0.1, 0.15) is 16.7 Å². The summed E-state index contributed by atoms with van der Waals surface area (Å²) in [4.78, 5) is 13.0. The second-order valence-electron chi connectivity index (χ2n) is 6.38. The zero-order valence-electron chi connectivity index (χ0n) is 16.5. The maximum absolute atomic E-state index is 13.0. The van der Waals surface area contributed by atoms with Crippen molar-refractivity contribution in [1.82, 2.24) is 5.43 Å². The summed E-state index contributed by atoms with van der Waals surface area (Å²) >= 11 is 2.13. The van der Waals surface area contributed by atoms with Crippen LogP contribution in [0.4, 0.5) is 0 Å². The Balaban J connectivity index is 1.88. The highest BCUT2D eigenvalue weighted by molar-refractivity contribution is 14.1. The van der Waals surface area contributed by atoms with Gasteiger partial charge in [0.1, 0.15) is 0 Å². The van der Waals surface area contributed by atoms with Crippen LogP contribution >= 0.6 is 22.6 Å². The molecule has 0 fully saturated rings. The van der Waals surface area contributed by atoms with E-state index < -0.39 is 11.5 Å². The molecule has 6 nitrogen and oxygen atoms in total. The molecule has 0 atom stereocenters. The lowest BCUT2D eigenvalue weighted by Gasteiger charge is -2.27. The SMILES string of the molecule is COc1cc(C=NNC(=O)C(O)(c2ccccc2)c2ccccc2)cc(I)c1OC. The lowest BCUT2D eigenvalue weighted by atomic mass is 9.85. The molecular formula is C23H21IN2O4. The Bertz CT molecular complexity index is 1000. The third kappa shape index (κ3) is 4.47. The Hall–Kier alpha value is -2.91. The standard InChI is InChI=1S/C23H21IN2O4/c1-29-20-14-16(13-19(24)21(20)30-2)15-25-26-22(27)23(28,17-9-5-3-6-10-17)18-11-7-4-8-12-18/h3-15,28H,1-2H3,(H,26,27). The molecule has 0 aliphatic rings. The average Bonchev–Trinajstić information content (AvgIpc) is 2.79. The summed E-state index contributed by atoms with van der Waals surface area (Å²) in [5, 5.41) is 15.4. The molecule has 0 spiro atoms. The van der Waals surface area contributed by atoms with E-state index in [2.05, 4.69) is 33.1 Å². The summed E-state index contributed by atoms with van der Waals surface area (Å²) in [5.74, 6) is 0.524. The lowest BCUT2D eigenvalue weighted by Crippen LogP contribution is -2.43. The second kappa shape index (κ2) is 9.73. The Morgan fingerprint density at radius 2 is 1.57 bits per heavy atom. The monoisotopic (exact) mass is 516 g/mol. The number of hydrogen-bond acceptors (Lipinski definition) is 5. The van der Waals surface area contributed by atoms with Crippen molar-refractivity contribution >= 4 is 34.7 Å². The highest BCUT2D eigenvalue weighted by Crippen LogP contribution is 2.33. The van der Waals surface area contributed by atoms with Gasteiger partial charge in [0.15, 0.2) is 17.1 Å². The number of nitrogens with zero attached hydrogens (tertiary/aromatic N) is 1. The highest BCUT2D eigenvalue weighted by atomic mass is 127. The molecule has 0 saturated heterocycles. The zero-order valence-corrected chi connectivity index (χ0v) is 18.7. The van der Waals surface area contributed by atoms with Crippen LogP contribution in [-0.4, -0.2) is 31.4 Å². The third-order valence-electron chi connectivity index (χ3n) is 4.55. The van der Waals surface area contributed by atoms with Gasteiger partial charge in [-0.05, 0) is 51.4 Å². The molecule has 0 heterocycles. The first-order valence-corrected chi connectivity index (χ1v) is 10.2. The fraction of sp³-hybridized carbons (Fsp3) is 0.130. The molecule has 3 aromatic rings. The number of ether oxygens (including phenoxy) is 2. The van der Waals surface area contributed by atoms with E-state index in [0.29, 0.717) is 28.2 Å². The molecule has 0 bridgehead atoms. The van der Waals surface area contributed by atoms with Gasteiger partial charge in [0.25, 0.3) is 5.91 Å². The van der Waals surface area contributed by atoms with Gasteiger partial charge in [0, 0.05) is 0 Å². The first-order chi connectivity index (χ1) is 14.5. The predicted molar refractivity (Wildman–Crippen MR) is 124 cm³/mol. The fourth-order valence-corrected chi connectivity index (χ4v) is 3.89. The van der Waals surface area contributed by atoms with Gasteiger partial charge in [0.05, 0.1) is 24.0 Å². The molecular weight excluding hydrogens is 495 g/mol. The molecule has 154 valence electrons. The van der Waals surface area contributed by atoms with E-state index in [9.17, 15) is 9.90 Å². The van der Waals surface area contributed by atoms with Crippen molar-refractivity contribution in [2.24, 2.45) is 5.10 Å². The summed E-state index contributed by atoms with van der Waals surface area (Å²) in [6.45, 7) is 0. The second-order valence-corrected chi connectivity index (χ2v) is 7.54. The van der Waals surface area contributed by atoms with Crippen LogP contribution in [0.25, 0.3) is 0 Å². The van der Waals surface area contributed by atoms with Crippen molar-refractivity contribution in [3.05, 3.63) is 93.1 Å². The smallest absolute Gasteiger partial charge is 0.281 e. The Morgan fingerprint density at radius 1 is 1.00 bits per heavy atom. The van der Waals surface area contributed by atoms with Gasteiger partial charge in [0.2, 0.25) is 0 Å². The number of halogens is 1. The van der Waals surface area contributed by atoms with Crippen LogP contribution in [0.2, 0.25) is 0 Å². The number of aliphatic hydroxyl groups is 1. The number of methoxy groups -OCH3 is 2. The van der Waals surface area contributed by atoms with Gasteiger partial charge in [-0.3, -0.25) is 4.79 Å². The number of hydrogen-bond donors (Lipinski definition) is 2. The van der Waals surface area contributed by atoms with Crippen LogP contribution in [0.3, 0.4) is 0 Å². The molecule has 7 heteroatoms. The van der Waals surface area contributed by atoms with E-state index in [0.717, 1.165) is 3.57 Å². The van der Waals surface area contributed by atoms with Gasteiger partial charge in [-0.15, -0.1) is 0 Å². The summed E-state index contributed by atoms with van der Waals surface area (Å²) < 4.78 is 11.5. The van der Waals surface area contributed by atoms with Crippen molar-refractivity contribution in [2.45, 2.75) is 5.60 Å². The molecule has 2 N–H and O–H groups in total. The van der Waals surface area contributed by atoms with Crippen molar-refractivity contribution < 1.29 is 19.4 Å². The predicted octanol–water partition coefficient (Wildman–Crippen LogP) is 3.69. The average molecular weight is 516 g/mol. The molecule has 0 aromatic heterocycles. The number of rotatable bonds is 7. The first kappa shape index (κ1) is 21.8. The van der Waals surface area contributed by atoms with Gasteiger partial charge < -0.3 is 14.6 Å². The minimum absolute atomic E-state index is 0.449. The molecule has 3 rings (SSSR count). The fourth-order valence-electron chi connectivity index (χ4n) is 3.05. The molecule has 0 radical (unpaired) electrons. The maximum Gasteiger partial charge on any atom is 0.281 e. The zero-order chi connectivity index (χ0) is 21.6. The summed E-state index contributed by atoms with van der Waals surface area (Å²) in [7, 11) is 3.12. The van der Waals surface area contributed by atoms with Gasteiger partial charge in [-0.25, -0.2) is 5.43 Å². The molecule has 3 aromatic carbocycles. The van der Waals surface area contributed by atoms with Crippen LogP contribution < -0.4 is 14.9 Å². The van der Waals surface area contributed by atoms with Gasteiger partial charge in [-0.2, -0.15) is 5.10 Å². The Kier molecular flexibility index (Phi) is 7.07. The topological polar surface area (TPSA) is 80.2 Å². The molecule has 30 heavy (non-hydrogen) atoms. The quantitative estimate of drug-likeness (QED) is 0.285. The van der Waals surface area contributed by atoms with Gasteiger partial charge >= 0.3 is 0 Å². The van der Waals surface area contributed by atoms with Crippen molar-refractivity contribution in [3.63, 3.8) is 0 Å². The van der Waals surface area contributed by atoms with Gasteiger partial charge in [-0.1, -0.05) is 60.7 Å². The molecule has 0 aliphatic carbocycles. The van der Waals surface area contributed by atoms with E-state index in [-0.39, 0.29) is 0 Å². The number of carbonyl (C=O) groups is 1. The number of benzene rings is 3. The van der Waals surface area contributed by atoms with E-state index >= 15 is 0 Å². The first-order valence-electron chi connectivity index (χ1n) is 9.09. The number of hydrazone groups is 1. The summed E-state index contributed by atoms with van der Waals surface area (Å²) in [6, 6.07) is 21.1. The number of nitrogens with one attached hydrogen (secondary N) is 1. The largest absolute Gasteiger partial charge is 0.493 e. The van der Waals surface area contributed by atoms with Crippen LogP contribution in [0.15, 0.2) is 77.9 Å². The highest BCUT2D eigenvalue weighted by Gasteiger charge is 2.39. The third-order valence-corrected chi connectivity index (χ3v) is 5.35. The van der Waals surface area contributed by atoms with E-state index in [1.165, 1.54) is 6.21 Å². The van der Waals surface area contributed by atoms with Crippen LogP contribution in [0.5, 0.6) is 11.5 Å². The van der Waals surface area contributed by atoms with E-state index in [1.807, 2.05) is 18.2 Å². The van der Waals surface area contributed by atoms with Crippen LogP contribution in [-0.2, 0) is 10.4 Å². The molecule has 1 amide bonds. The minimum atomic E-state index is -1.88. The summed E-state index contributed by atoms with van der Waals surface area (Å²) in [5.41, 5.74) is 2.18. The molecule has 0 aliphatic heterocycles.